The van der Waals surface area contributed by atoms with Crippen LogP contribution in [0.4, 0.5) is 5.82 Å². The second kappa shape index (κ2) is 4.59. The Balaban J connectivity index is 2.56. The molecule has 0 saturated carbocycles. The van der Waals surface area contributed by atoms with Crippen molar-refractivity contribution in [3.05, 3.63) is 5.15 Å². The van der Waals surface area contributed by atoms with Crippen molar-refractivity contribution >= 4 is 29.1 Å². The minimum Gasteiger partial charge on any atom is -0.394 e. The second-order valence-electron chi connectivity index (χ2n) is 2.34. The SMILES string of the molecule is CCC(CO)Nc1nsnc1Cl. The number of nitrogens with one attached hydrogen (secondary N) is 1. The molecule has 1 unspecified atom stereocenters. The Morgan fingerprint density at radius 3 is 2.83 bits per heavy atom. The van der Waals surface area contributed by atoms with Crippen molar-refractivity contribution in [1.82, 2.24) is 8.75 Å². The molecule has 0 aliphatic carbocycles. The number of hydrogen-bond donors (Lipinski definition) is 2. The van der Waals surface area contributed by atoms with E-state index in [2.05, 4.69) is 14.1 Å². The lowest BCUT2D eigenvalue weighted by Gasteiger charge is -2.12. The number of nitrogens with zero attached hydrogens (tertiary/aromatic N) is 2. The lowest BCUT2D eigenvalue weighted by molar-refractivity contribution is 0.271. The molecule has 0 aromatic carbocycles. The molecule has 0 aliphatic heterocycles. The number of aliphatic hydroxyl groups excluding tert-OH is 1. The van der Waals surface area contributed by atoms with E-state index in [0.717, 1.165) is 18.1 Å². The molecular weight excluding hydrogens is 198 g/mol. The highest BCUT2D eigenvalue weighted by molar-refractivity contribution is 6.99. The van der Waals surface area contributed by atoms with Gasteiger partial charge in [0.2, 0.25) is 0 Å². The van der Waals surface area contributed by atoms with Crippen LogP contribution in [0.25, 0.3) is 0 Å². The van der Waals surface area contributed by atoms with Gasteiger partial charge >= 0.3 is 0 Å². The molecule has 0 aliphatic rings. The van der Waals surface area contributed by atoms with Crippen LogP contribution < -0.4 is 5.32 Å². The summed E-state index contributed by atoms with van der Waals surface area (Å²) in [7, 11) is 0. The van der Waals surface area contributed by atoms with Crippen molar-refractivity contribution in [2.24, 2.45) is 0 Å². The van der Waals surface area contributed by atoms with Crippen LogP contribution in [0.1, 0.15) is 13.3 Å². The maximum absolute atomic E-state index is 8.87. The van der Waals surface area contributed by atoms with Gasteiger partial charge in [0.25, 0.3) is 0 Å². The Bertz CT molecular complexity index is 238. The van der Waals surface area contributed by atoms with Crippen LogP contribution >= 0.6 is 23.3 Å². The van der Waals surface area contributed by atoms with Gasteiger partial charge in [0.05, 0.1) is 24.4 Å². The Morgan fingerprint density at radius 2 is 2.42 bits per heavy atom. The first kappa shape index (κ1) is 9.70. The predicted molar refractivity (Wildman–Crippen MR) is 49.7 cm³/mol. The molecule has 1 aromatic rings. The summed E-state index contributed by atoms with van der Waals surface area (Å²) in [6, 6.07) is 0.00593. The van der Waals surface area contributed by atoms with Crippen LogP contribution in [0.3, 0.4) is 0 Å². The fourth-order valence-electron chi connectivity index (χ4n) is 0.734. The van der Waals surface area contributed by atoms with Crippen LogP contribution in [0, 0.1) is 0 Å². The van der Waals surface area contributed by atoms with Gasteiger partial charge in [0.1, 0.15) is 0 Å². The molecule has 1 atom stereocenters. The number of anilines is 1. The summed E-state index contributed by atoms with van der Waals surface area (Å²) in [6.07, 6.45) is 0.824. The molecule has 0 amide bonds. The Kier molecular flexibility index (Phi) is 3.71. The van der Waals surface area contributed by atoms with E-state index >= 15 is 0 Å². The Hall–Kier alpha value is -0.390. The van der Waals surface area contributed by atoms with E-state index < -0.39 is 0 Å². The molecule has 1 rings (SSSR count). The maximum Gasteiger partial charge on any atom is 0.186 e. The third kappa shape index (κ3) is 2.30. The third-order valence-electron chi connectivity index (χ3n) is 1.50. The quantitative estimate of drug-likeness (QED) is 0.783. The zero-order valence-corrected chi connectivity index (χ0v) is 8.19. The molecule has 2 N–H and O–H groups in total. The van der Waals surface area contributed by atoms with Gasteiger partial charge in [-0.25, -0.2) is 0 Å². The number of rotatable bonds is 4. The number of halogens is 1. The zero-order chi connectivity index (χ0) is 8.97. The van der Waals surface area contributed by atoms with Crippen molar-refractivity contribution in [2.45, 2.75) is 19.4 Å². The summed E-state index contributed by atoms with van der Waals surface area (Å²) in [4.78, 5) is 0. The van der Waals surface area contributed by atoms with Gasteiger partial charge in [-0.3, -0.25) is 0 Å². The highest BCUT2D eigenvalue weighted by Gasteiger charge is 2.09. The van der Waals surface area contributed by atoms with Crippen LogP contribution in [0.5, 0.6) is 0 Å². The van der Waals surface area contributed by atoms with Crippen LogP contribution in [0.15, 0.2) is 0 Å². The first-order valence-corrected chi connectivity index (χ1v) is 4.74. The minimum absolute atomic E-state index is 0.00593. The Labute approximate surface area is 79.9 Å². The lowest BCUT2D eigenvalue weighted by Crippen LogP contribution is -2.22. The van der Waals surface area contributed by atoms with Gasteiger partial charge in [-0.05, 0) is 6.42 Å². The smallest absolute Gasteiger partial charge is 0.186 e. The van der Waals surface area contributed by atoms with Crippen molar-refractivity contribution in [1.29, 1.82) is 0 Å². The van der Waals surface area contributed by atoms with Crippen molar-refractivity contribution in [2.75, 3.05) is 11.9 Å². The van der Waals surface area contributed by atoms with Gasteiger partial charge in [-0.1, -0.05) is 18.5 Å². The van der Waals surface area contributed by atoms with Gasteiger partial charge in [-0.15, -0.1) is 0 Å². The molecule has 1 aromatic heterocycles. The first-order valence-electron chi connectivity index (χ1n) is 3.63. The summed E-state index contributed by atoms with van der Waals surface area (Å²) in [6.45, 7) is 2.05. The van der Waals surface area contributed by atoms with Crippen LogP contribution in [-0.2, 0) is 0 Å². The lowest BCUT2D eigenvalue weighted by atomic mass is 10.2. The molecule has 0 radical (unpaired) electrons. The molecule has 1 heterocycles. The van der Waals surface area contributed by atoms with E-state index in [-0.39, 0.29) is 12.6 Å². The average Bonchev–Trinajstić information content (AvgIpc) is 2.47. The highest BCUT2D eigenvalue weighted by atomic mass is 35.5. The summed E-state index contributed by atoms with van der Waals surface area (Å²) in [5.74, 6) is 0.558. The third-order valence-corrected chi connectivity index (χ3v) is 2.39. The fourth-order valence-corrected chi connectivity index (χ4v) is 1.39. The predicted octanol–water partition coefficient (Wildman–Crippen LogP) is 1.37. The van der Waals surface area contributed by atoms with E-state index in [1.807, 2.05) is 6.92 Å². The normalized spacial score (nSPS) is 12.9. The molecule has 4 nitrogen and oxygen atoms in total. The van der Waals surface area contributed by atoms with E-state index in [1.165, 1.54) is 0 Å². The van der Waals surface area contributed by atoms with E-state index in [9.17, 15) is 0 Å². The molecule has 12 heavy (non-hydrogen) atoms. The monoisotopic (exact) mass is 207 g/mol. The number of aliphatic hydroxyl groups is 1. The topological polar surface area (TPSA) is 58.0 Å². The molecule has 6 heteroatoms. The molecule has 0 spiro atoms. The first-order chi connectivity index (χ1) is 5.77. The fraction of sp³-hybridized carbons (Fsp3) is 0.667. The maximum atomic E-state index is 8.87. The average molecular weight is 208 g/mol. The van der Waals surface area contributed by atoms with E-state index in [1.54, 1.807) is 0 Å². The summed E-state index contributed by atoms with van der Waals surface area (Å²) in [5.41, 5.74) is 0. The molecular formula is C6H10ClN3OS. The zero-order valence-electron chi connectivity index (χ0n) is 6.62. The molecule has 0 fully saturated rings. The van der Waals surface area contributed by atoms with Crippen LogP contribution in [0.2, 0.25) is 5.15 Å². The summed E-state index contributed by atoms with van der Waals surface area (Å²) in [5, 5.41) is 12.2. The van der Waals surface area contributed by atoms with Gasteiger partial charge in [0.15, 0.2) is 11.0 Å². The standard InChI is InChI=1S/C6H10ClN3OS/c1-2-4(3-11)8-6-5(7)9-12-10-6/h4,11H,2-3H2,1H3,(H,8,10). The van der Waals surface area contributed by atoms with E-state index in [4.69, 9.17) is 16.7 Å². The van der Waals surface area contributed by atoms with Crippen molar-refractivity contribution in [3.8, 4) is 0 Å². The molecule has 0 bridgehead atoms. The minimum atomic E-state index is 0.00593. The second-order valence-corrected chi connectivity index (χ2v) is 3.22. The molecule has 0 saturated heterocycles. The largest absolute Gasteiger partial charge is 0.394 e. The Morgan fingerprint density at radius 1 is 1.67 bits per heavy atom. The van der Waals surface area contributed by atoms with Gasteiger partial charge < -0.3 is 10.4 Å². The van der Waals surface area contributed by atoms with Gasteiger partial charge in [0, 0.05) is 0 Å². The van der Waals surface area contributed by atoms with Crippen LogP contribution in [-0.4, -0.2) is 26.5 Å². The van der Waals surface area contributed by atoms with E-state index in [0.29, 0.717) is 11.0 Å². The number of hydrogen-bond acceptors (Lipinski definition) is 5. The summed E-state index contributed by atoms with van der Waals surface area (Å²) < 4.78 is 7.72. The molecule has 68 valence electrons. The van der Waals surface area contributed by atoms with Gasteiger partial charge in [-0.2, -0.15) is 8.75 Å². The van der Waals surface area contributed by atoms with Crippen molar-refractivity contribution in [3.63, 3.8) is 0 Å². The highest BCUT2D eigenvalue weighted by Crippen LogP contribution is 2.18. The van der Waals surface area contributed by atoms with Crippen molar-refractivity contribution < 1.29 is 5.11 Å². The summed E-state index contributed by atoms with van der Waals surface area (Å²) >= 11 is 6.74. The number of aromatic nitrogens is 2.